The Morgan fingerprint density at radius 1 is 1.38 bits per heavy atom. The summed E-state index contributed by atoms with van der Waals surface area (Å²) in [6.45, 7) is 1.79. The van der Waals surface area contributed by atoms with Crippen LogP contribution in [0.15, 0.2) is 30.5 Å². The topological polar surface area (TPSA) is 108 Å². The van der Waals surface area contributed by atoms with Crippen molar-refractivity contribution in [3.63, 3.8) is 0 Å². The SMILES string of the molecule is N#Cc1cc2c(-c3cccc(N4CCCC(N)C4)n3)n[nH]c2cn1. The highest BCUT2D eigenvalue weighted by Gasteiger charge is 2.19. The van der Waals surface area contributed by atoms with Gasteiger partial charge < -0.3 is 10.6 Å². The second-order valence-electron chi connectivity index (χ2n) is 6.03. The third-order valence-electron chi connectivity index (χ3n) is 4.32. The lowest BCUT2D eigenvalue weighted by Crippen LogP contribution is -2.43. The quantitative estimate of drug-likeness (QED) is 0.746. The van der Waals surface area contributed by atoms with E-state index in [9.17, 15) is 0 Å². The largest absolute Gasteiger partial charge is 0.355 e. The highest BCUT2D eigenvalue weighted by Crippen LogP contribution is 2.27. The summed E-state index contributed by atoms with van der Waals surface area (Å²) in [6, 6.07) is 9.89. The van der Waals surface area contributed by atoms with E-state index in [2.05, 4.69) is 26.2 Å². The Labute approximate surface area is 139 Å². The van der Waals surface area contributed by atoms with Gasteiger partial charge in [-0.05, 0) is 31.0 Å². The molecule has 1 fully saturated rings. The van der Waals surface area contributed by atoms with Crippen LogP contribution in [-0.2, 0) is 0 Å². The molecule has 3 aromatic heterocycles. The zero-order chi connectivity index (χ0) is 16.5. The average Bonchev–Trinajstić information content (AvgIpc) is 3.05. The first-order valence-electron chi connectivity index (χ1n) is 7.97. The van der Waals surface area contributed by atoms with E-state index < -0.39 is 0 Å². The van der Waals surface area contributed by atoms with Crippen molar-refractivity contribution in [3.05, 3.63) is 36.2 Å². The Morgan fingerprint density at radius 2 is 2.29 bits per heavy atom. The molecule has 0 amide bonds. The molecule has 120 valence electrons. The highest BCUT2D eigenvalue weighted by molar-refractivity contribution is 5.92. The molecule has 24 heavy (non-hydrogen) atoms. The second kappa shape index (κ2) is 5.91. The monoisotopic (exact) mass is 319 g/mol. The van der Waals surface area contributed by atoms with Crippen LogP contribution in [-0.4, -0.2) is 39.3 Å². The van der Waals surface area contributed by atoms with Crippen molar-refractivity contribution >= 4 is 16.7 Å². The van der Waals surface area contributed by atoms with E-state index in [-0.39, 0.29) is 6.04 Å². The van der Waals surface area contributed by atoms with Crippen molar-refractivity contribution in [2.45, 2.75) is 18.9 Å². The average molecular weight is 319 g/mol. The minimum Gasteiger partial charge on any atom is -0.355 e. The van der Waals surface area contributed by atoms with E-state index in [1.54, 1.807) is 12.3 Å². The van der Waals surface area contributed by atoms with Gasteiger partial charge in [-0.15, -0.1) is 0 Å². The number of aromatic amines is 1. The maximum Gasteiger partial charge on any atom is 0.141 e. The number of H-pyrrole nitrogens is 1. The van der Waals surface area contributed by atoms with E-state index >= 15 is 0 Å². The summed E-state index contributed by atoms with van der Waals surface area (Å²) < 4.78 is 0. The van der Waals surface area contributed by atoms with Crippen molar-refractivity contribution in [2.75, 3.05) is 18.0 Å². The van der Waals surface area contributed by atoms with Crippen molar-refractivity contribution in [3.8, 4) is 17.5 Å². The van der Waals surface area contributed by atoms with Crippen LogP contribution >= 0.6 is 0 Å². The maximum atomic E-state index is 9.06. The number of anilines is 1. The van der Waals surface area contributed by atoms with Crippen LogP contribution in [0, 0.1) is 11.3 Å². The molecule has 0 bridgehead atoms. The molecule has 3 aromatic rings. The van der Waals surface area contributed by atoms with Gasteiger partial charge in [0, 0.05) is 24.5 Å². The van der Waals surface area contributed by atoms with E-state index in [1.807, 2.05) is 18.2 Å². The fourth-order valence-electron chi connectivity index (χ4n) is 3.12. The molecule has 1 aliphatic heterocycles. The zero-order valence-corrected chi connectivity index (χ0v) is 13.1. The fourth-order valence-corrected chi connectivity index (χ4v) is 3.12. The first-order valence-corrected chi connectivity index (χ1v) is 7.97. The predicted molar refractivity (Wildman–Crippen MR) is 91.3 cm³/mol. The first-order chi connectivity index (χ1) is 11.7. The molecule has 0 radical (unpaired) electrons. The summed E-state index contributed by atoms with van der Waals surface area (Å²) in [5.41, 5.74) is 8.73. The van der Waals surface area contributed by atoms with E-state index in [1.165, 1.54) is 0 Å². The third kappa shape index (κ3) is 2.57. The van der Waals surface area contributed by atoms with Crippen molar-refractivity contribution in [1.82, 2.24) is 20.2 Å². The van der Waals surface area contributed by atoms with Crippen LogP contribution in [0.4, 0.5) is 5.82 Å². The molecule has 7 nitrogen and oxygen atoms in total. The zero-order valence-electron chi connectivity index (χ0n) is 13.1. The molecule has 1 saturated heterocycles. The van der Waals surface area contributed by atoms with Crippen LogP contribution in [0.3, 0.4) is 0 Å². The van der Waals surface area contributed by atoms with Crippen molar-refractivity contribution in [2.24, 2.45) is 5.73 Å². The molecule has 0 aromatic carbocycles. The molecule has 0 spiro atoms. The Balaban J connectivity index is 1.75. The maximum absolute atomic E-state index is 9.06. The molecule has 7 heteroatoms. The highest BCUT2D eigenvalue weighted by atomic mass is 15.2. The summed E-state index contributed by atoms with van der Waals surface area (Å²) in [5, 5.41) is 17.2. The number of hydrogen-bond donors (Lipinski definition) is 2. The lowest BCUT2D eigenvalue weighted by molar-refractivity contribution is 0.503. The minimum atomic E-state index is 0.194. The minimum absolute atomic E-state index is 0.194. The standard InChI is InChI=1S/C17H17N7/c18-8-12-7-13-15(9-20-12)22-23-17(13)14-4-1-5-16(21-14)24-6-2-3-11(19)10-24/h1,4-5,7,9,11H,2-3,6,10,19H2,(H,22,23). The van der Waals surface area contributed by atoms with Crippen molar-refractivity contribution in [1.29, 1.82) is 5.26 Å². The van der Waals surface area contributed by atoms with Gasteiger partial charge in [-0.25, -0.2) is 9.97 Å². The van der Waals surface area contributed by atoms with Gasteiger partial charge in [0.2, 0.25) is 0 Å². The van der Waals surface area contributed by atoms with E-state index in [0.717, 1.165) is 54.0 Å². The van der Waals surface area contributed by atoms with Crippen LogP contribution in [0.5, 0.6) is 0 Å². The number of pyridine rings is 2. The molecule has 4 heterocycles. The van der Waals surface area contributed by atoms with Crippen molar-refractivity contribution < 1.29 is 0 Å². The van der Waals surface area contributed by atoms with Gasteiger partial charge in [-0.1, -0.05) is 6.07 Å². The number of rotatable bonds is 2. The number of hydrogen-bond acceptors (Lipinski definition) is 6. The Hall–Kier alpha value is -2.98. The number of nitrogens with one attached hydrogen (secondary N) is 1. The molecule has 0 saturated carbocycles. The van der Waals surface area contributed by atoms with Gasteiger partial charge in [0.25, 0.3) is 0 Å². The summed E-state index contributed by atoms with van der Waals surface area (Å²) in [5.74, 6) is 0.911. The van der Waals surface area contributed by atoms with Gasteiger partial charge in [0.15, 0.2) is 0 Å². The molecular formula is C17H17N7. The summed E-state index contributed by atoms with van der Waals surface area (Å²) in [4.78, 5) is 11.0. The number of fused-ring (bicyclic) bond motifs is 1. The Kier molecular flexibility index (Phi) is 3.59. The lowest BCUT2D eigenvalue weighted by Gasteiger charge is -2.31. The smallest absolute Gasteiger partial charge is 0.141 e. The third-order valence-corrected chi connectivity index (χ3v) is 4.32. The normalized spacial score (nSPS) is 17.8. The first kappa shape index (κ1) is 14.6. The van der Waals surface area contributed by atoms with E-state index in [0.29, 0.717) is 5.69 Å². The van der Waals surface area contributed by atoms with Crippen LogP contribution in [0.1, 0.15) is 18.5 Å². The summed E-state index contributed by atoms with van der Waals surface area (Å²) in [6.07, 6.45) is 3.76. The Bertz CT molecular complexity index is 924. The number of nitrogens with zero attached hydrogens (tertiary/aromatic N) is 5. The number of nitriles is 1. The van der Waals surface area contributed by atoms with Gasteiger partial charge in [-0.2, -0.15) is 10.4 Å². The molecule has 3 N–H and O–H groups in total. The number of piperidine rings is 1. The Morgan fingerprint density at radius 3 is 3.12 bits per heavy atom. The van der Waals surface area contributed by atoms with Crippen LogP contribution < -0.4 is 10.6 Å². The van der Waals surface area contributed by atoms with Gasteiger partial charge >= 0.3 is 0 Å². The molecule has 1 aliphatic rings. The predicted octanol–water partition coefficient (Wildman–Crippen LogP) is 1.82. The molecule has 1 atom stereocenters. The van der Waals surface area contributed by atoms with Gasteiger partial charge in [0.05, 0.1) is 17.4 Å². The second-order valence-corrected chi connectivity index (χ2v) is 6.03. The van der Waals surface area contributed by atoms with Gasteiger partial charge in [0.1, 0.15) is 23.3 Å². The molecule has 0 aliphatic carbocycles. The van der Waals surface area contributed by atoms with Gasteiger partial charge in [-0.3, -0.25) is 5.10 Å². The summed E-state index contributed by atoms with van der Waals surface area (Å²) >= 11 is 0. The van der Waals surface area contributed by atoms with Crippen LogP contribution in [0.2, 0.25) is 0 Å². The molecular weight excluding hydrogens is 302 g/mol. The fraction of sp³-hybridized carbons (Fsp3) is 0.294. The van der Waals surface area contributed by atoms with E-state index in [4.69, 9.17) is 16.0 Å². The molecule has 1 unspecified atom stereocenters. The summed E-state index contributed by atoms with van der Waals surface area (Å²) in [7, 11) is 0. The molecule has 4 rings (SSSR count). The number of nitrogens with two attached hydrogens (primary N) is 1. The van der Waals surface area contributed by atoms with Crippen LogP contribution in [0.25, 0.3) is 22.3 Å². The number of aromatic nitrogens is 4. The lowest BCUT2D eigenvalue weighted by atomic mass is 10.1.